The van der Waals surface area contributed by atoms with Crippen LogP contribution in [0.5, 0.6) is 0 Å². The largest absolute Gasteiger partial charge is 0.459 e. The Morgan fingerprint density at radius 2 is 2.07 bits per heavy atom. The van der Waals surface area contributed by atoms with Crippen LogP contribution >= 0.6 is 0 Å². The van der Waals surface area contributed by atoms with Gasteiger partial charge in [0, 0.05) is 25.0 Å². The SMILES string of the molecule is CC(C)(C)OC(=O)C1Cn2cc(C(=O)NCC(F)F)c3c2C(=CCC3(C)C)CN1. The highest BCUT2D eigenvalue weighted by Crippen LogP contribution is 2.42. The van der Waals surface area contributed by atoms with Gasteiger partial charge in [-0.2, -0.15) is 0 Å². The second-order valence-corrected chi connectivity index (χ2v) is 9.30. The highest BCUT2D eigenvalue weighted by Gasteiger charge is 2.39. The minimum absolute atomic E-state index is 0.298. The van der Waals surface area contributed by atoms with Gasteiger partial charge in [-0.05, 0) is 43.7 Å². The van der Waals surface area contributed by atoms with Crippen LogP contribution < -0.4 is 10.6 Å². The van der Waals surface area contributed by atoms with Gasteiger partial charge in [0.15, 0.2) is 0 Å². The zero-order valence-corrected chi connectivity index (χ0v) is 17.6. The number of nitrogens with zero attached hydrogens (tertiary/aromatic N) is 1. The highest BCUT2D eigenvalue weighted by atomic mass is 19.3. The van der Waals surface area contributed by atoms with Crippen molar-refractivity contribution in [1.29, 1.82) is 0 Å². The molecule has 0 spiro atoms. The van der Waals surface area contributed by atoms with Crippen LogP contribution in [-0.2, 0) is 21.5 Å². The molecule has 160 valence electrons. The van der Waals surface area contributed by atoms with Gasteiger partial charge < -0.3 is 14.6 Å². The third-order valence-corrected chi connectivity index (χ3v) is 5.19. The van der Waals surface area contributed by atoms with Gasteiger partial charge >= 0.3 is 5.97 Å². The van der Waals surface area contributed by atoms with Crippen LogP contribution in [0.15, 0.2) is 12.3 Å². The Kier molecular flexibility index (Phi) is 5.60. The van der Waals surface area contributed by atoms with E-state index in [1.807, 2.05) is 39.2 Å². The first-order valence-corrected chi connectivity index (χ1v) is 9.84. The van der Waals surface area contributed by atoms with Crippen molar-refractivity contribution < 1.29 is 23.1 Å². The monoisotopic (exact) mass is 409 g/mol. The predicted octanol–water partition coefficient (Wildman–Crippen LogP) is 2.86. The van der Waals surface area contributed by atoms with Gasteiger partial charge in [-0.15, -0.1) is 0 Å². The molecule has 2 N–H and O–H groups in total. The van der Waals surface area contributed by atoms with Gasteiger partial charge in [0.2, 0.25) is 0 Å². The van der Waals surface area contributed by atoms with Crippen molar-refractivity contribution in [2.45, 2.75) is 71.1 Å². The molecule has 1 atom stereocenters. The molecule has 2 aliphatic rings. The molecule has 0 saturated carbocycles. The average molecular weight is 409 g/mol. The number of aromatic nitrogens is 1. The van der Waals surface area contributed by atoms with Crippen molar-refractivity contribution in [1.82, 2.24) is 15.2 Å². The van der Waals surface area contributed by atoms with E-state index in [0.29, 0.717) is 25.1 Å². The Morgan fingerprint density at radius 1 is 1.38 bits per heavy atom. The zero-order valence-electron chi connectivity index (χ0n) is 17.6. The van der Waals surface area contributed by atoms with Gasteiger partial charge in [0.1, 0.15) is 11.6 Å². The van der Waals surface area contributed by atoms with Crippen molar-refractivity contribution in [3.05, 3.63) is 29.1 Å². The molecular weight excluding hydrogens is 380 g/mol. The first kappa shape index (κ1) is 21.5. The zero-order chi connectivity index (χ0) is 21.6. The van der Waals surface area contributed by atoms with Crippen LogP contribution in [0, 0.1) is 0 Å². The number of nitrogens with one attached hydrogen (secondary N) is 2. The van der Waals surface area contributed by atoms with Gasteiger partial charge in [-0.3, -0.25) is 14.9 Å². The van der Waals surface area contributed by atoms with Gasteiger partial charge in [-0.1, -0.05) is 19.9 Å². The van der Waals surface area contributed by atoms with E-state index >= 15 is 0 Å². The number of carbonyl (C=O) groups excluding carboxylic acids is 2. The molecule has 0 bridgehead atoms. The lowest BCUT2D eigenvalue weighted by atomic mass is 9.74. The lowest BCUT2D eigenvalue weighted by molar-refractivity contribution is -0.157. The molecule has 1 aromatic rings. The summed E-state index contributed by atoms with van der Waals surface area (Å²) in [5.74, 6) is -0.876. The van der Waals surface area contributed by atoms with Gasteiger partial charge in [-0.25, -0.2) is 8.78 Å². The van der Waals surface area contributed by atoms with Gasteiger partial charge in [0.05, 0.1) is 12.1 Å². The number of alkyl halides is 2. The van der Waals surface area contributed by atoms with Crippen LogP contribution in [-0.4, -0.2) is 47.6 Å². The maximum atomic E-state index is 12.7. The van der Waals surface area contributed by atoms with Crippen LogP contribution in [0.2, 0.25) is 0 Å². The second-order valence-electron chi connectivity index (χ2n) is 9.30. The number of allylic oxidation sites excluding steroid dienone is 1. The standard InChI is InChI=1S/C21H29F2N3O3/c1-20(2,3)29-19(28)14-11-26-10-13(18(27)25-9-15(22)23)16-17(26)12(8-24-14)6-7-21(16,4)5/h6,10,14-15,24H,7-9,11H2,1-5H3,(H,25,27). The van der Waals surface area contributed by atoms with Crippen LogP contribution in [0.3, 0.4) is 0 Å². The molecule has 8 heteroatoms. The third kappa shape index (κ3) is 4.52. The Hall–Kier alpha value is -2.22. The average Bonchev–Trinajstić information content (AvgIpc) is 2.87. The smallest absolute Gasteiger partial charge is 0.325 e. The number of hydrogen-bond donors (Lipinski definition) is 2. The van der Waals surface area contributed by atoms with Crippen molar-refractivity contribution in [3.8, 4) is 0 Å². The van der Waals surface area contributed by atoms with Crippen molar-refractivity contribution in [2.75, 3.05) is 13.1 Å². The minimum Gasteiger partial charge on any atom is -0.459 e. The van der Waals surface area contributed by atoms with Crippen molar-refractivity contribution in [3.63, 3.8) is 0 Å². The summed E-state index contributed by atoms with van der Waals surface area (Å²) in [5.41, 5.74) is 2.19. The fourth-order valence-corrected chi connectivity index (χ4v) is 3.93. The molecule has 0 saturated heterocycles. The lowest BCUT2D eigenvalue weighted by Gasteiger charge is -2.31. The topological polar surface area (TPSA) is 72.4 Å². The first-order chi connectivity index (χ1) is 13.4. The quantitative estimate of drug-likeness (QED) is 0.750. The van der Waals surface area contributed by atoms with Crippen molar-refractivity contribution >= 4 is 17.4 Å². The van der Waals surface area contributed by atoms with E-state index < -0.39 is 30.5 Å². The van der Waals surface area contributed by atoms with E-state index in [1.165, 1.54) is 0 Å². The maximum Gasteiger partial charge on any atom is 0.325 e. The van der Waals surface area contributed by atoms with Crippen LogP contribution in [0.1, 0.15) is 62.7 Å². The summed E-state index contributed by atoms with van der Waals surface area (Å²) in [5, 5.41) is 5.56. The number of rotatable bonds is 4. The van der Waals surface area contributed by atoms with E-state index in [9.17, 15) is 18.4 Å². The minimum atomic E-state index is -2.61. The summed E-state index contributed by atoms with van der Waals surface area (Å²) < 4.78 is 32.6. The number of amides is 1. The number of esters is 1. The highest BCUT2D eigenvalue weighted by molar-refractivity contribution is 5.98. The number of ether oxygens (including phenoxy) is 1. The molecule has 2 heterocycles. The molecule has 1 unspecified atom stereocenters. The molecular formula is C21H29F2N3O3. The Balaban J connectivity index is 1.99. The third-order valence-electron chi connectivity index (χ3n) is 5.19. The number of hydrogen-bond acceptors (Lipinski definition) is 4. The van der Waals surface area contributed by atoms with Gasteiger partial charge in [0.25, 0.3) is 12.3 Å². The summed E-state index contributed by atoms with van der Waals surface area (Å²) in [7, 11) is 0. The molecule has 1 aromatic heterocycles. The number of halogens is 2. The van der Waals surface area contributed by atoms with E-state index in [-0.39, 0.29) is 11.4 Å². The number of carbonyl (C=O) groups is 2. The van der Waals surface area contributed by atoms with E-state index in [2.05, 4.69) is 16.7 Å². The molecule has 6 nitrogen and oxygen atoms in total. The van der Waals surface area contributed by atoms with Crippen LogP contribution in [0.4, 0.5) is 8.78 Å². The van der Waals surface area contributed by atoms with Crippen molar-refractivity contribution in [2.24, 2.45) is 0 Å². The summed E-state index contributed by atoms with van der Waals surface area (Å²) >= 11 is 0. The normalized spacial score (nSPS) is 20.6. The molecule has 0 radical (unpaired) electrons. The fraction of sp³-hybridized carbons (Fsp3) is 0.619. The molecule has 0 fully saturated rings. The van der Waals surface area contributed by atoms with Crippen LogP contribution in [0.25, 0.3) is 5.57 Å². The molecule has 1 aliphatic carbocycles. The molecule has 0 aromatic carbocycles. The summed E-state index contributed by atoms with van der Waals surface area (Å²) in [4.78, 5) is 25.3. The summed E-state index contributed by atoms with van der Waals surface area (Å²) in [6.45, 7) is 9.58. The van der Waals surface area contributed by atoms with E-state index in [1.54, 1.807) is 6.20 Å². The Labute approximate surface area is 169 Å². The Morgan fingerprint density at radius 3 is 2.69 bits per heavy atom. The molecule has 1 amide bonds. The summed E-state index contributed by atoms with van der Waals surface area (Å²) in [6.07, 6.45) is 1.90. The lowest BCUT2D eigenvalue weighted by Crippen LogP contribution is -2.43. The maximum absolute atomic E-state index is 12.7. The first-order valence-electron chi connectivity index (χ1n) is 9.84. The molecule has 1 aliphatic heterocycles. The fourth-order valence-electron chi connectivity index (χ4n) is 3.93. The molecule has 29 heavy (non-hydrogen) atoms. The predicted molar refractivity (Wildman–Crippen MR) is 106 cm³/mol. The molecule has 3 rings (SSSR count). The Bertz CT molecular complexity index is 850. The van der Waals surface area contributed by atoms with E-state index in [4.69, 9.17) is 4.74 Å². The van der Waals surface area contributed by atoms with E-state index in [0.717, 1.165) is 16.8 Å². The summed E-state index contributed by atoms with van der Waals surface area (Å²) in [6, 6.07) is -0.572. The second kappa shape index (κ2) is 7.55.